The Morgan fingerprint density at radius 1 is 1.17 bits per heavy atom. The molecule has 1 heterocycles. The second-order valence-electron chi connectivity index (χ2n) is 6.21. The van der Waals surface area contributed by atoms with Gasteiger partial charge in [0.2, 0.25) is 0 Å². The summed E-state index contributed by atoms with van der Waals surface area (Å²) in [5.74, 6) is -0.773. The summed E-state index contributed by atoms with van der Waals surface area (Å²) in [6.45, 7) is 4.33. The van der Waals surface area contributed by atoms with Crippen molar-refractivity contribution in [2.24, 2.45) is 5.92 Å². The summed E-state index contributed by atoms with van der Waals surface area (Å²) in [5, 5.41) is 12.3. The predicted octanol–water partition coefficient (Wildman–Crippen LogP) is 3.22. The second-order valence-corrected chi connectivity index (χ2v) is 6.21. The van der Waals surface area contributed by atoms with Gasteiger partial charge in [-0.3, -0.25) is 9.36 Å². The van der Waals surface area contributed by atoms with E-state index in [2.05, 4.69) is 10.3 Å². The van der Waals surface area contributed by atoms with Crippen molar-refractivity contribution in [2.75, 3.05) is 0 Å². The quantitative estimate of drug-likeness (QED) is 0.731. The maximum Gasteiger partial charge on any atom is 0.320 e. The zero-order chi connectivity index (χ0) is 17.1. The minimum absolute atomic E-state index is 0.0408. The van der Waals surface area contributed by atoms with E-state index < -0.39 is 12.0 Å². The molecule has 0 saturated carbocycles. The number of benzene rings is 2. The van der Waals surface area contributed by atoms with E-state index in [-0.39, 0.29) is 5.92 Å². The van der Waals surface area contributed by atoms with Crippen LogP contribution in [-0.4, -0.2) is 26.7 Å². The SMILES string of the molecule is CC(C)[C@H](NCc1ccc(-n2cnc3ccccc32)cc1)C(=O)O. The van der Waals surface area contributed by atoms with Crippen molar-refractivity contribution in [3.63, 3.8) is 0 Å². The minimum Gasteiger partial charge on any atom is -0.480 e. The summed E-state index contributed by atoms with van der Waals surface area (Å²) in [7, 11) is 0. The third-order valence-electron chi connectivity index (χ3n) is 4.13. The predicted molar refractivity (Wildman–Crippen MR) is 94.2 cm³/mol. The topological polar surface area (TPSA) is 67.2 Å². The van der Waals surface area contributed by atoms with Crippen molar-refractivity contribution >= 4 is 17.0 Å². The van der Waals surface area contributed by atoms with Crippen LogP contribution in [0.15, 0.2) is 54.9 Å². The molecule has 0 amide bonds. The Balaban J connectivity index is 1.75. The molecule has 1 aromatic heterocycles. The van der Waals surface area contributed by atoms with Gasteiger partial charge in [-0.1, -0.05) is 38.1 Å². The number of hydrogen-bond donors (Lipinski definition) is 2. The number of imidazole rings is 1. The van der Waals surface area contributed by atoms with Crippen LogP contribution in [0, 0.1) is 5.92 Å². The van der Waals surface area contributed by atoms with Gasteiger partial charge in [0.15, 0.2) is 0 Å². The average Bonchev–Trinajstić information content (AvgIpc) is 2.99. The lowest BCUT2D eigenvalue weighted by Crippen LogP contribution is -2.40. The largest absolute Gasteiger partial charge is 0.480 e. The molecule has 24 heavy (non-hydrogen) atoms. The summed E-state index contributed by atoms with van der Waals surface area (Å²) < 4.78 is 2.04. The smallest absolute Gasteiger partial charge is 0.320 e. The van der Waals surface area contributed by atoms with Crippen LogP contribution in [0.2, 0.25) is 0 Å². The molecule has 2 N–H and O–H groups in total. The van der Waals surface area contributed by atoms with E-state index in [0.29, 0.717) is 6.54 Å². The van der Waals surface area contributed by atoms with Crippen LogP contribution in [0.4, 0.5) is 0 Å². The Morgan fingerprint density at radius 3 is 2.54 bits per heavy atom. The number of aromatic nitrogens is 2. The van der Waals surface area contributed by atoms with E-state index in [4.69, 9.17) is 0 Å². The number of rotatable bonds is 6. The number of fused-ring (bicyclic) bond motifs is 1. The molecule has 0 unspecified atom stereocenters. The van der Waals surface area contributed by atoms with Gasteiger partial charge in [-0.05, 0) is 35.7 Å². The fraction of sp³-hybridized carbons (Fsp3) is 0.263. The summed E-state index contributed by atoms with van der Waals surface area (Å²) >= 11 is 0. The maximum atomic E-state index is 11.2. The van der Waals surface area contributed by atoms with Gasteiger partial charge in [0.05, 0.1) is 11.0 Å². The Bertz CT molecular complexity index is 837. The summed E-state index contributed by atoms with van der Waals surface area (Å²) in [6, 6.07) is 15.5. The van der Waals surface area contributed by atoms with Gasteiger partial charge in [-0.15, -0.1) is 0 Å². The van der Waals surface area contributed by atoms with E-state index in [0.717, 1.165) is 22.3 Å². The molecular formula is C19H21N3O2. The number of carboxylic acid groups (broad SMARTS) is 1. The molecule has 0 aliphatic carbocycles. The van der Waals surface area contributed by atoms with Gasteiger partial charge >= 0.3 is 5.97 Å². The molecule has 1 atom stereocenters. The highest BCUT2D eigenvalue weighted by Gasteiger charge is 2.20. The molecule has 0 fully saturated rings. The van der Waals surface area contributed by atoms with Gasteiger partial charge < -0.3 is 10.4 Å². The first-order valence-corrected chi connectivity index (χ1v) is 8.04. The fourth-order valence-corrected chi connectivity index (χ4v) is 2.78. The Kier molecular flexibility index (Phi) is 4.62. The molecule has 124 valence electrons. The molecule has 0 radical (unpaired) electrons. The number of para-hydroxylation sites is 2. The highest BCUT2D eigenvalue weighted by molar-refractivity contribution is 5.77. The average molecular weight is 323 g/mol. The molecule has 3 aromatic rings. The molecule has 5 heteroatoms. The number of carbonyl (C=O) groups is 1. The normalized spacial score (nSPS) is 12.6. The Hall–Kier alpha value is -2.66. The molecule has 3 rings (SSSR count). The van der Waals surface area contributed by atoms with Crippen molar-refractivity contribution in [2.45, 2.75) is 26.4 Å². The molecule has 0 spiro atoms. The van der Waals surface area contributed by atoms with Gasteiger partial charge in [0.1, 0.15) is 12.4 Å². The molecule has 0 saturated heterocycles. The van der Waals surface area contributed by atoms with E-state index in [1.807, 2.05) is 73.3 Å². The van der Waals surface area contributed by atoms with Gasteiger partial charge in [0, 0.05) is 12.2 Å². The van der Waals surface area contributed by atoms with Crippen LogP contribution >= 0.6 is 0 Å². The van der Waals surface area contributed by atoms with Crippen LogP contribution in [0.3, 0.4) is 0 Å². The number of hydrogen-bond acceptors (Lipinski definition) is 3. The Labute approximate surface area is 141 Å². The number of aliphatic carboxylic acids is 1. The summed E-state index contributed by atoms with van der Waals surface area (Å²) in [4.78, 5) is 15.6. The molecule has 5 nitrogen and oxygen atoms in total. The molecule has 0 bridgehead atoms. The Morgan fingerprint density at radius 2 is 1.88 bits per heavy atom. The van der Waals surface area contributed by atoms with Gasteiger partial charge in [-0.2, -0.15) is 0 Å². The fourth-order valence-electron chi connectivity index (χ4n) is 2.78. The van der Waals surface area contributed by atoms with Crippen LogP contribution in [-0.2, 0) is 11.3 Å². The highest BCUT2D eigenvalue weighted by atomic mass is 16.4. The summed E-state index contributed by atoms with van der Waals surface area (Å²) in [5.41, 5.74) is 4.11. The van der Waals surface area contributed by atoms with Crippen LogP contribution < -0.4 is 5.32 Å². The second kappa shape index (κ2) is 6.84. The lowest BCUT2D eigenvalue weighted by Gasteiger charge is -2.18. The standard InChI is InChI=1S/C19H21N3O2/c1-13(2)18(19(23)24)20-11-14-7-9-15(10-8-14)22-12-21-16-5-3-4-6-17(16)22/h3-10,12-13,18,20H,11H2,1-2H3,(H,23,24)/t18-/m0/s1. The third kappa shape index (κ3) is 3.31. The first-order valence-electron chi connectivity index (χ1n) is 8.04. The van der Waals surface area contributed by atoms with E-state index in [9.17, 15) is 9.90 Å². The van der Waals surface area contributed by atoms with Crippen molar-refractivity contribution in [1.82, 2.24) is 14.9 Å². The highest BCUT2D eigenvalue weighted by Crippen LogP contribution is 2.18. The lowest BCUT2D eigenvalue weighted by molar-refractivity contribution is -0.140. The molecule has 2 aromatic carbocycles. The number of nitrogens with one attached hydrogen (secondary N) is 1. The number of nitrogens with zero attached hydrogens (tertiary/aromatic N) is 2. The zero-order valence-corrected chi connectivity index (χ0v) is 13.8. The maximum absolute atomic E-state index is 11.2. The molecule has 0 aliphatic rings. The zero-order valence-electron chi connectivity index (χ0n) is 13.8. The monoisotopic (exact) mass is 323 g/mol. The first kappa shape index (κ1) is 16.2. The van der Waals surface area contributed by atoms with Crippen LogP contribution in [0.5, 0.6) is 0 Å². The van der Waals surface area contributed by atoms with Crippen molar-refractivity contribution in [3.05, 3.63) is 60.4 Å². The van der Waals surface area contributed by atoms with E-state index in [1.165, 1.54) is 0 Å². The van der Waals surface area contributed by atoms with Crippen LogP contribution in [0.25, 0.3) is 16.7 Å². The third-order valence-corrected chi connectivity index (χ3v) is 4.13. The lowest BCUT2D eigenvalue weighted by atomic mass is 10.0. The molecule has 0 aliphatic heterocycles. The molecular weight excluding hydrogens is 302 g/mol. The van der Waals surface area contributed by atoms with Crippen molar-refractivity contribution < 1.29 is 9.90 Å². The first-order chi connectivity index (χ1) is 11.6. The van der Waals surface area contributed by atoms with E-state index >= 15 is 0 Å². The summed E-state index contributed by atoms with van der Waals surface area (Å²) in [6.07, 6.45) is 1.82. The minimum atomic E-state index is -0.813. The van der Waals surface area contributed by atoms with Crippen molar-refractivity contribution in [1.29, 1.82) is 0 Å². The van der Waals surface area contributed by atoms with Crippen molar-refractivity contribution in [3.8, 4) is 5.69 Å². The van der Waals surface area contributed by atoms with Gasteiger partial charge in [0.25, 0.3) is 0 Å². The van der Waals surface area contributed by atoms with Crippen LogP contribution in [0.1, 0.15) is 19.4 Å². The van der Waals surface area contributed by atoms with Gasteiger partial charge in [-0.25, -0.2) is 4.98 Å². The number of carboxylic acids is 1. The van der Waals surface area contributed by atoms with E-state index in [1.54, 1.807) is 0 Å².